The number of nitrogens with two attached hydrogens (primary N) is 1. The highest BCUT2D eigenvalue weighted by atomic mass is 19.1. The number of amides is 1. The predicted octanol–water partition coefficient (Wildman–Crippen LogP) is 0.639. The lowest BCUT2D eigenvalue weighted by atomic mass is 10.1. The summed E-state index contributed by atoms with van der Waals surface area (Å²) in [6.45, 7) is 0.0528. The van der Waals surface area contributed by atoms with Gasteiger partial charge in [0.05, 0.1) is 6.54 Å². The van der Waals surface area contributed by atoms with Crippen LogP contribution in [0.15, 0.2) is 47.4 Å². The van der Waals surface area contributed by atoms with Crippen molar-refractivity contribution in [3.8, 4) is 0 Å². The van der Waals surface area contributed by atoms with Gasteiger partial charge in [-0.1, -0.05) is 6.07 Å². The maximum Gasteiger partial charge on any atom is 0.265 e. The Kier molecular flexibility index (Phi) is 3.72. The van der Waals surface area contributed by atoms with E-state index >= 15 is 0 Å². The second-order valence-corrected chi connectivity index (χ2v) is 3.95. The SMILES string of the molecule is NNC(=O)c1ccc(F)c(Cn2ccccc2=O)c1. The summed E-state index contributed by atoms with van der Waals surface area (Å²) in [6, 6.07) is 8.54. The van der Waals surface area contributed by atoms with Crippen molar-refractivity contribution >= 4 is 5.91 Å². The lowest BCUT2D eigenvalue weighted by molar-refractivity contribution is 0.0953. The summed E-state index contributed by atoms with van der Waals surface area (Å²) in [7, 11) is 0. The molecule has 1 aromatic heterocycles. The number of pyridine rings is 1. The molecule has 3 N–H and O–H groups in total. The van der Waals surface area contributed by atoms with E-state index in [1.54, 1.807) is 18.3 Å². The topological polar surface area (TPSA) is 77.1 Å². The average molecular weight is 261 g/mol. The number of carbonyl (C=O) groups excluding carboxylic acids is 1. The van der Waals surface area contributed by atoms with Gasteiger partial charge < -0.3 is 4.57 Å². The van der Waals surface area contributed by atoms with Crippen LogP contribution < -0.4 is 16.8 Å². The van der Waals surface area contributed by atoms with Crippen LogP contribution in [-0.2, 0) is 6.54 Å². The van der Waals surface area contributed by atoms with E-state index in [2.05, 4.69) is 0 Å². The Labute approximate surface area is 108 Å². The molecule has 0 spiro atoms. The molecule has 1 heterocycles. The Morgan fingerprint density at radius 3 is 2.79 bits per heavy atom. The Morgan fingerprint density at radius 2 is 2.11 bits per heavy atom. The summed E-state index contributed by atoms with van der Waals surface area (Å²) in [6.07, 6.45) is 1.55. The van der Waals surface area contributed by atoms with E-state index in [-0.39, 0.29) is 23.2 Å². The minimum Gasteiger partial charge on any atom is -0.311 e. The summed E-state index contributed by atoms with van der Waals surface area (Å²) < 4.78 is 15.0. The molecule has 0 saturated heterocycles. The molecule has 0 aliphatic carbocycles. The van der Waals surface area contributed by atoms with Gasteiger partial charge in [-0.3, -0.25) is 15.0 Å². The molecule has 0 bridgehead atoms. The molecule has 2 rings (SSSR count). The van der Waals surface area contributed by atoms with Gasteiger partial charge in [-0.25, -0.2) is 10.2 Å². The van der Waals surface area contributed by atoms with Gasteiger partial charge in [-0.05, 0) is 24.3 Å². The molecule has 0 aliphatic heterocycles. The Morgan fingerprint density at radius 1 is 1.32 bits per heavy atom. The molecule has 19 heavy (non-hydrogen) atoms. The van der Waals surface area contributed by atoms with Crippen molar-refractivity contribution in [1.29, 1.82) is 0 Å². The molecule has 6 heteroatoms. The summed E-state index contributed by atoms with van der Waals surface area (Å²) in [5.41, 5.74) is 2.22. The van der Waals surface area contributed by atoms with Gasteiger partial charge in [0.25, 0.3) is 11.5 Å². The minimum atomic E-state index is -0.512. The van der Waals surface area contributed by atoms with E-state index in [1.807, 2.05) is 5.43 Å². The molecule has 0 fully saturated rings. The third kappa shape index (κ3) is 2.86. The predicted molar refractivity (Wildman–Crippen MR) is 67.9 cm³/mol. The van der Waals surface area contributed by atoms with Crippen molar-refractivity contribution < 1.29 is 9.18 Å². The number of carbonyl (C=O) groups is 1. The first kappa shape index (κ1) is 13.0. The first-order chi connectivity index (χ1) is 9.11. The van der Waals surface area contributed by atoms with E-state index in [1.165, 1.54) is 28.8 Å². The number of benzene rings is 1. The number of nitrogen functional groups attached to an aromatic ring is 1. The van der Waals surface area contributed by atoms with Crippen LogP contribution in [-0.4, -0.2) is 10.5 Å². The Balaban J connectivity index is 2.37. The van der Waals surface area contributed by atoms with Crippen molar-refractivity contribution in [2.24, 2.45) is 5.84 Å². The normalized spacial score (nSPS) is 10.2. The van der Waals surface area contributed by atoms with Crippen LogP contribution in [0.25, 0.3) is 0 Å². The number of nitrogens with zero attached hydrogens (tertiary/aromatic N) is 1. The summed E-state index contributed by atoms with van der Waals surface area (Å²) in [5, 5.41) is 0. The van der Waals surface area contributed by atoms with Gasteiger partial charge in [0.15, 0.2) is 0 Å². The maximum atomic E-state index is 13.7. The largest absolute Gasteiger partial charge is 0.311 e. The fourth-order valence-electron chi connectivity index (χ4n) is 1.70. The summed E-state index contributed by atoms with van der Waals surface area (Å²) in [5.74, 6) is 4.03. The smallest absolute Gasteiger partial charge is 0.265 e. The molecule has 1 aromatic carbocycles. The van der Waals surface area contributed by atoms with E-state index in [0.29, 0.717) is 0 Å². The van der Waals surface area contributed by atoms with Crippen LogP contribution in [0.3, 0.4) is 0 Å². The zero-order valence-electron chi connectivity index (χ0n) is 9.97. The van der Waals surface area contributed by atoms with Crippen LogP contribution >= 0.6 is 0 Å². The van der Waals surface area contributed by atoms with Crippen molar-refractivity contribution in [2.45, 2.75) is 6.54 Å². The highest BCUT2D eigenvalue weighted by molar-refractivity contribution is 5.93. The van der Waals surface area contributed by atoms with Gasteiger partial charge in [0.1, 0.15) is 5.82 Å². The Hall–Kier alpha value is -2.47. The summed E-state index contributed by atoms with van der Waals surface area (Å²) >= 11 is 0. The fraction of sp³-hybridized carbons (Fsp3) is 0.0769. The molecule has 1 amide bonds. The number of nitrogens with one attached hydrogen (secondary N) is 1. The van der Waals surface area contributed by atoms with Gasteiger partial charge in [-0.15, -0.1) is 0 Å². The molecule has 0 radical (unpaired) electrons. The minimum absolute atomic E-state index is 0.0528. The number of aromatic nitrogens is 1. The van der Waals surface area contributed by atoms with Crippen molar-refractivity contribution in [3.63, 3.8) is 0 Å². The lowest BCUT2D eigenvalue weighted by Gasteiger charge is -2.08. The van der Waals surface area contributed by atoms with Gasteiger partial charge >= 0.3 is 0 Å². The van der Waals surface area contributed by atoms with Gasteiger partial charge in [-0.2, -0.15) is 0 Å². The van der Waals surface area contributed by atoms with Crippen LogP contribution in [0.1, 0.15) is 15.9 Å². The molecular formula is C13H12FN3O2. The standard InChI is InChI=1S/C13H12FN3O2/c14-11-5-4-9(13(19)16-15)7-10(11)8-17-6-2-1-3-12(17)18/h1-7H,8,15H2,(H,16,19). The molecule has 5 nitrogen and oxygen atoms in total. The van der Waals surface area contributed by atoms with Crippen LogP contribution in [0, 0.1) is 5.82 Å². The molecule has 0 aliphatic rings. The number of rotatable bonds is 3. The third-order valence-electron chi connectivity index (χ3n) is 2.68. The second kappa shape index (κ2) is 5.45. The maximum absolute atomic E-state index is 13.7. The van der Waals surface area contributed by atoms with Crippen molar-refractivity contribution in [3.05, 3.63) is 69.9 Å². The van der Waals surface area contributed by atoms with Crippen molar-refractivity contribution in [1.82, 2.24) is 9.99 Å². The van der Waals surface area contributed by atoms with Crippen LogP contribution in [0.5, 0.6) is 0 Å². The van der Waals surface area contributed by atoms with E-state index in [9.17, 15) is 14.0 Å². The van der Waals surface area contributed by atoms with E-state index < -0.39 is 11.7 Å². The first-order valence-corrected chi connectivity index (χ1v) is 5.56. The monoisotopic (exact) mass is 261 g/mol. The van der Waals surface area contributed by atoms with Crippen LogP contribution in [0.2, 0.25) is 0 Å². The Bertz CT molecular complexity index is 667. The second-order valence-electron chi connectivity index (χ2n) is 3.95. The molecular weight excluding hydrogens is 249 g/mol. The number of hydrazine groups is 1. The molecule has 0 unspecified atom stereocenters. The van der Waals surface area contributed by atoms with Gasteiger partial charge in [0.2, 0.25) is 0 Å². The van der Waals surface area contributed by atoms with E-state index in [0.717, 1.165) is 0 Å². The van der Waals surface area contributed by atoms with Crippen molar-refractivity contribution in [2.75, 3.05) is 0 Å². The quantitative estimate of drug-likeness (QED) is 0.483. The summed E-state index contributed by atoms with van der Waals surface area (Å²) in [4.78, 5) is 22.9. The molecule has 2 aromatic rings. The molecule has 0 saturated carbocycles. The lowest BCUT2D eigenvalue weighted by Crippen LogP contribution is -2.30. The first-order valence-electron chi connectivity index (χ1n) is 5.56. The molecule has 0 atom stereocenters. The molecule has 98 valence electrons. The van der Waals surface area contributed by atoms with Gasteiger partial charge in [0, 0.05) is 23.4 Å². The fourth-order valence-corrected chi connectivity index (χ4v) is 1.70. The zero-order chi connectivity index (χ0) is 13.8. The highest BCUT2D eigenvalue weighted by Gasteiger charge is 2.09. The highest BCUT2D eigenvalue weighted by Crippen LogP contribution is 2.11. The number of halogens is 1. The number of hydrogen-bond donors (Lipinski definition) is 2. The zero-order valence-corrected chi connectivity index (χ0v) is 9.97. The average Bonchev–Trinajstić information content (AvgIpc) is 2.42. The van der Waals surface area contributed by atoms with Crippen LogP contribution in [0.4, 0.5) is 4.39 Å². The third-order valence-corrected chi connectivity index (χ3v) is 2.68. The van der Waals surface area contributed by atoms with E-state index in [4.69, 9.17) is 5.84 Å². The number of hydrogen-bond acceptors (Lipinski definition) is 3.